The molecule has 3 nitrogen and oxygen atoms in total. The van der Waals surface area contributed by atoms with Gasteiger partial charge in [0.05, 0.1) is 5.75 Å². The second kappa shape index (κ2) is 5.64. The lowest BCUT2D eigenvalue weighted by Crippen LogP contribution is -2.37. The quantitative estimate of drug-likeness (QED) is 0.907. The predicted molar refractivity (Wildman–Crippen MR) is 90.9 cm³/mol. The SMILES string of the molecule is CS(=O)(=O)CC1(c2ccc(C3(CN)CCCCC3)cc2)CC1. The van der Waals surface area contributed by atoms with E-state index in [0.717, 1.165) is 12.8 Å². The topological polar surface area (TPSA) is 60.2 Å². The Kier molecular flexibility index (Phi) is 4.11. The van der Waals surface area contributed by atoms with E-state index in [2.05, 4.69) is 24.3 Å². The van der Waals surface area contributed by atoms with Gasteiger partial charge in [0.2, 0.25) is 0 Å². The zero-order chi connectivity index (χ0) is 15.8. The zero-order valence-corrected chi connectivity index (χ0v) is 14.3. The summed E-state index contributed by atoms with van der Waals surface area (Å²) in [6.07, 6.45) is 9.51. The molecule has 3 rings (SSSR count). The molecule has 0 bridgehead atoms. The van der Waals surface area contributed by atoms with Crippen molar-refractivity contribution in [3.63, 3.8) is 0 Å². The summed E-state index contributed by atoms with van der Waals surface area (Å²) in [5, 5.41) is 0. The van der Waals surface area contributed by atoms with E-state index >= 15 is 0 Å². The highest BCUT2D eigenvalue weighted by Gasteiger charge is 2.46. The Morgan fingerprint density at radius 2 is 1.41 bits per heavy atom. The van der Waals surface area contributed by atoms with E-state index in [1.165, 1.54) is 49.5 Å². The first-order valence-electron chi connectivity index (χ1n) is 8.38. The smallest absolute Gasteiger partial charge is 0.148 e. The van der Waals surface area contributed by atoms with Crippen LogP contribution in [-0.2, 0) is 20.7 Å². The van der Waals surface area contributed by atoms with Gasteiger partial charge in [-0.25, -0.2) is 8.42 Å². The average Bonchev–Trinajstić information content (AvgIpc) is 3.27. The average molecular weight is 321 g/mol. The molecule has 2 fully saturated rings. The van der Waals surface area contributed by atoms with Gasteiger partial charge in [-0.05, 0) is 36.8 Å². The van der Waals surface area contributed by atoms with E-state index in [9.17, 15) is 8.42 Å². The van der Waals surface area contributed by atoms with Crippen LogP contribution in [0.4, 0.5) is 0 Å². The maximum absolute atomic E-state index is 11.7. The number of nitrogens with two attached hydrogens (primary N) is 1. The molecule has 4 heteroatoms. The van der Waals surface area contributed by atoms with Gasteiger partial charge in [0, 0.05) is 23.6 Å². The summed E-state index contributed by atoms with van der Waals surface area (Å²) in [5.41, 5.74) is 8.66. The van der Waals surface area contributed by atoms with Crippen LogP contribution in [0.5, 0.6) is 0 Å². The van der Waals surface area contributed by atoms with Crippen molar-refractivity contribution in [2.24, 2.45) is 5.73 Å². The minimum atomic E-state index is -2.93. The summed E-state index contributed by atoms with van der Waals surface area (Å²) in [7, 11) is -2.93. The molecule has 0 aromatic heterocycles. The van der Waals surface area contributed by atoms with Crippen LogP contribution in [0, 0.1) is 0 Å². The van der Waals surface area contributed by atoms with E-state index in [1.54, 1.807) is 0 Å². The standard InChI is InChI=1S/C18H27NO2S/c1-22(20,21)14-18(11-12-18)16-7-5-15(6-8-16)17(13-19)9-3-2-4-10-17/h5-8H,2-4,9-14,19H2,1H3. The van der Waals surface area contributed by atoms with Crippen LogP contribution in [0.1, 0.15) is 56.1 Å². The Morgan fingerprint density at radius 3 is 1.82 bits per heavy atom. The third kappa shape index (κ3) is 3.09. The van der Waals surface area contributed by atoms with Gasteiger partial charge in [-0.1, -0.05) is 43.5 Å². The fourth-order valence-electron chi connectivity index (χ4n) is 4.19. The molecule has 2 saturated carbocycles. The number of benzene rings is 1. The van der Waals surface area contributed by atoms with Crippen molar-refractivity contribution in [3.05, 3.63) is 35.4 Å². The molecule has 0 unspecified atom stereocenters. The molecular weight excluding hydrogens is 294 g/mol. The second-order valence-electron chi connectivity index (χ2n) is 7.47. The summed E-state index contributed by atoms with van der Waals surface area (Å²) in [4.78, 5) is 0. The molecule has 2 aliphatic rings. The van der Waals surface area contributed by atoms with E-state index in [0.29, 0.717) is 6.54 Å². The minimum Gasteiger partial charge on any atom is -0.330 e. The number of rotatable bonds is 5. The van der Waals surface area contributed by atoms with Crippen molar-refractivity contribution in [1.82, 2.24) is 0 Å². The van der Waals surface area contributed by atoms with Gasteiger partial charge in [0.25, 0.3) is 0 Å². The largest absolute Gasteiger partial charge is 0.330 e. The van der Waals surface area contributed by atoms with Gasteiger partial charge in [0.1, 0.15) is 9.84 Å². The van der Waals surface area contributed by atoms with Crippen LogP contribution in [0.15, 0.2) is 24.3 Å². The van der Waals surface area contributed by atoms with E-state index < -0.39 is 9.84 Å². The van der Waals surface area contributed by atoms with Gasteiger partial charge in [-0.2, -0.15) is 0 Å². The van der Waals surface area contributed by atoms with Crippen molar-refractivity contribution in [3.8, 4) is 0 Å². The van der Waals surface area contributed by atoms with Gasteiger partial charge < -0.3 is 5.73 Å². The Hall–Kier alpha value is -0.870. The van der Waals surface area contributed by atoms with Crippen LogP contribution >= 0.6 is 0 Å². The zero-order valence-electron chi connectivity index (χ0n) is 13.5. The van der Waals surface area contributed by atoms with E-state index in [-0.39, 0.29) is 16.6 Å². The lowest BCUT2D eigenvalue weighted by Gasteiger charge is -2.37. The first-order chi connectivity index (χ1) is 10.4. The van der Waals surface area contributed by atoms with Gasteiger partial charge >= 0.3 is 0 Å². The van der Waals surface area contributed by atoms with Crippen molar-refractivity contribution in [2.75, 3.05) is 18.6 Å². The maximum atomic E-state index is 11.7. The predicted octanol–water partition coefficient (Wildman–Crippen LogP) is 2.92. The van der Waals surface area contributed by atoms with Crippen molar-refractivity contribution in [1.29, 1.82) is 0 Å². The van der Waals surface area contributed by atoms with Gasteiger partial charge in [0.15, 0.2) is 0 Å². The molecule has 22 heavy (non-hydrogen) atoms. The molecule has 1 aromatic carbocycles. The first-order valence-corrected chi connectivity index (χ1v) is 10.4. The van der Waals surface area contributed by atoms with Crippen LogP contribution in [0.2, 0.25) is 0 Å². The van der Waals surface area contributed by atoms with E-state index in [1.807, 2.05) is 0 Å². The monoisotopic (exact) mass is 321 g/mol. The number of sulfone groups is 1. The fraction of sp³-hybridized carbons (Fsp3) is 0.667. The molecule has 2 aliphatic carbocycles. The Bertz CT molecular complexity index is 624. The first kappa shape index (κ1) is 16.0. The summed E-state index contributed by atoms with van der Waals surface area (Å²) >= 11 is 0. The third-order valence-corrected chi connectivity index (χ3v) is 6.78. The number of hydrogen-bond donors (Lipinski definition) is 1. The van der Waals surface area contributed by atoms with Crippen molar-refractivity contribution in [2.45, 2.75) is 55.8 Å². The minimum absolute atomic E-state index is 0.117. The highest BCUT2D eigenvalue weighted by atomic mass is 32.2. The van der Waals surface area contributed by atoms with Crippen molar-refractivity contribution >= 4 is 9.84 Å². The fourth-order valence-corrected chi connectivity index (χ4v) is 5.64. The highest BCUT2D eigenvalue weighted by molar-refractivity contribution is 7.90. The molecule has 0 amide bonds. The van der Waals surface area contributed by atoms with Crippen LogP contribution < -0.4 is 5.73 Å². The molecule has 0 atom stereocenters. The van der Waals surface area contributed by atoms with Crippen LogP contribution in [0.25, 0.3) is 0 Å². The molecule has 0 radical (unpaired) electrons. The highest BCUT2D eigenvalue weighted by Crippen LogP contribution is 2.49. The van der Waals surface area contributed by atoms with Gasteiger partial charge in [-0.3, -0.25) is 0 Å². The molecule has 122 valence electrons. The summed E-state index contributed by atoms with van der Waals surface area (Å²) in [5.74, 6) is 0.279. The summed E-state index contributed by atoms with van der Waals surface area (Å²) in [6, 6.07) is 8.71. The lowest BCUT2D eigenvalue weighted by molar-refractivity contribution is 0.301. The van der Waals surface area contributed by atoms with Crippen molar-refractivity contribution < 1.29 is 8.42 Å². The van der Waals surface area contributed by atoms with Crippen LogP contribution in [0.3, 0.4) is 0 Å². The normalized spacial score (nSPS) is 23.2. The molecule has 1 aromatic rings. The summed E-state index contributed by atoms with van der Waals surface area (Å²) in [6.45, 7) is 0.709. The molecule has 0 saturated heterocycles. The molecule has 0 spiro atoms. The van der Waals surface area contributed by atoms with E-state index in [4.69, 9.17) is 5.73 Å². The Balaban J connectivity index is 1.84. The maximum Gasteiger partial charge on any atom is 0.148 e. The molecule has 0 aliphatic heterocycles. The molecule has 0 heterocycles. The van der Waals surface area contributed by atoms with Gasteiger partial charge in [-0.15, -0.1) is 0 Å². The Morgan fingerprint density at radius 1 is 0.909 bits per heavy atom. The third-order valence-electron chi connectivity index (χ3n) is 5.70. The molecular formula is C18H27NO2S. The number of hydrogen-bond acceptors (Lipinski definition) is 3. The lowest BCUT2D eigenvalue weighted by atomic mass is 9.69. The Labute approximate surface area is 134 Å². The molecule has 2 N–H and O–H groups in total. The summed E-state index contributed by atoms with van der Waals surface area (Å²) < 4.78 is 23.3. The second-order valence-corrected chi connectivity index (χ2v) is 9.61. The van der Waals surface area contributed by atoms with Crippen LogP contribution in [-0.4, -0.2) is 27.0 Å².